The largest absolute Gasteiger partial charge is 0.465 e. The number of fused-ring (bicyclic) bond motifs is 1. The number of imidazole rings is 1. The van der Waals surface area contributed by atoms with Gasteiger partial charge in [0.2, 0.25) is 0 Å². The summed E-state index contributed by atoms with van der Waals surface area (Å²) in [5.74, 6) is 0.142. The predicted molar refractivity (Wildman–Crippen MR) is 59.9 cm³/mol. The van der Waals surface area contributed by atoms with Crippen LogP contribution in [0.4, 0.5) is 10.6 Å². The second kappa shape index (κ2) is 3.74. The maximum Gasteiger partial charge on any atom is 0.410 e. The molecule has 2 aromatic rings. The number of sulfone groups is 1. The summed E-state index contributed by atoms with van der Waals surface area (Å²) in [7, 11) is -3.29. The van der Waals surface area contributed by atoms with E-state index in [0.717, 1.165) is 6.26 Å². The van der Waals surface area contributed by atoms with E-state index in [0.29, 0.717) is 5.65 Å². The Morgan fingerprint density at radius 2 is 2.12 bits per heavy atom. The molecule has 17 heavy (non-hydrogen) atoms. The highest BCUT2D eigenvalue weighted by molar-refractivity contribution is 7.90. The summed E-state index contributed by atoms with van der Waals surface area (Å²) in [6.07, 6.45) is 2.65. The number of hydrogen-bond acceptors (Lipinski definition) is 4. The van der Waals surface area contributed by atoms with Crippen LogP contribution in [0.15, 0.2) is 29.4 Å². The van der Waals surface area contributed by atoms with E-state index < -0.39 is 15.9 Å². The Balaban J connectivity index is 2.52. The topological polar surface area (TPSA) is 101 Å². The van der Waals surface area contributed by atoms with Crippen LogP contribution in [-0.2, 0) is 9.84 Å². The van der Waals surface area contributed by atoms with E-state index in [1.807, 2.05) is 0 Å². The van der Waals surface area contributed by atoms with Gasteiger partial charge in [0.15, 0.2) is 15.7 Å². The quantitative estimate of drug-likeness (QED) is 0.827. The van der Waals surface area contributed by atoms with Crippen LogP contribution in [0.3, 0.4) is 0 Å². The van der Waals surface area contributed by atoms with Crippen LogP contribution in [0, 0.1) is 0 Å². The van der Waals surface area contributed by atoms with Crippen molar-refractivity contribution < 1.29 is 18.3 Å². The van der Waals surface area contributed by atoms with Crippen molar-refractivity contribution in [2.45, 2.75) is 4.90 Å². The fourth-order valence-corrected chi connectivity index (χ4v) is 1.98. The van der Waals surface area contributed by atoms with E-state index in [1.54, 1.807) is 0 Å². The van der Waals surface area contributed by atoms with Crippen molar-refractivity contribution >= 4 is 27.4 Å². The highest BCUT2D eigenvalue weighted by Gasteiger charge is 2.10. The van der Waals surface area contributed by atoms with Crippen LogP contribution in [0.2, 0.25) is 0 Å². The van der Waals surface area contributed by atoms with Gasteiger partial charge in [0.05, 0.1) is 11.1 Å². The minimum atomic E-state index is -3.29. The summed E-state index contributed by atoms with van der Waals surface area (Å²) in [6.45, 7) is 0. The smallest absolute Gasteiger partial charge is 0.410 e. The van der Waals surface area contributed by atoms with Crippen LogP contribution < -0.4 is 5.32 Å². The number of anilines is 1. The molecule has 0 spiro atoms. The Labute approximate surface area is 96.6 Å². The zero-order valence-corrected chi connectivity index (χ0v) is 9.60. The van der Waals surface area contributed by atoms with Gasteiger partial charge < -0.3 is 9.51 Å². The van der Waals surface area contributed by atoms with Crippen LogP contribution in [0.5, 0.6) is 0 Å². The number of carbonyl (C=O) groups is 1. The lowest BCUT2D eigenvalue weighted by atomic mass is 10.5. The first-order chi connectivity index (χ1) is 7.86. The number of amides is 1. The zero-order chi connectivity index (χ0) is 12.6. The lowest BCUT2D eigenvalue weighted by Crippen LogP contribution is -2.06. The molecular weight excluding hydrogens is 246 g/mol. The van der Waals surface area contributed by atoms with E-state index in [4.69, 9.17) is 5.11 Å². The molecule has 0 aliphatic carbocycles. The average molecular weight is 255 g/mol. The van der Waals surface area contributed by atoms with E-state index >= 15 is 0 Å². The third-order valence-corrected chi connectivity index (χ3v) is 3.18. The summed E-state index contributed by atoms with van der Waals surface area (Å²) in [5, 5.41) is 10.6. The third-order valence-electron chi connectivity index (χ3n) is 2.09. The van der Waals surface area contributed by atoms with Gasteiger partial charge in [0.1, 0.15) is 5.65 Å². The number of hydrogen-bond donors (Lipinski definition) is 2. The SMILES string of the molecule is CS(=O)(=O)c1ccc2nc(NC(=O)O)cn2c1. The standard InChI is InChI=1S/C9H9N3O4S/c1-17(15,16)6-2-3-8-10-7(11-9(13)14)5-12(8)4-6/h2-5,11H,1H3,(H,13,14). The molecule has 0 saturated carbocycles. The molecule has 2 aromatic heterocycles. The molecule has 2 heterocycles. The van der Waals surface area contributed by atoms with Crippen molar-refractivity contribution in [3.63, 3.8) is 0 Å². The van der Waals surface area contributed by atoms with E-state index in [1.165, 1.54) is 28.9 Å². The van der Waals surface area contributed by atoms with E-state index in [2.05, 4.69) is 10.3 Å². The highest BCUT2D eigenvalue weighted by atomic mass is 32.2. The molecule has 2 N–H and O–H groups in total. The van der Waals surface area contributed by atoms with Crippen molar-refractivity contribution in [2.24, 2.45) is 0 Å². The molecule has 0 fully saturated rings. The molecule has 0 atom stereocenters. The number of nitrogens with one attached hydrogen (secondary N) is 1. The molecule has 0 radical (unpaired) electrons. The summed E-state index contributed by atoms with van der Waals surface area (Å²) < 4.78 is 24.1. The van der Waals surface area contributed by atoms with Gasteiger partial charge in [-0.1, -0.05) is 0 Å². The maximum atomic E-state index is 11.3. The third kappa shape index (κ3) is 2.36. The molecular formula is C9H9N3O4S. The van der Waals surface area contributed by atoms with Gasteiger partial charge in [0, 0.05) is 12.5 Å². The number of carboxylic acid groups (broad SMARTS) is 1. The second-order valence-electron chi connectivity index (χ2n) is 3.46. The zero-order valence-electron chi connectivity index (χ0n) is 8.78. The predicted octanol–water partition coefficient (Wildman–Crippen LogP) is 0.828. The fourth-order valence-electron chi connectivity index (χ4n) is 1.36. The first-order valence-electron chi connectivity index (χ1n) is 4.55. The van der Waals surface area contributed by atoms with Crippen molar-refractivity contribution in [1.82, 2.24) is 9.38 Å². The minimum Gasteiger partial charge on any atom is -0.465 e. The van der Waals surface area contributed by atoms with Gasteiger partial charge in [-0.25, -0.2) is 18.2 Å². The van der Waals surface area contributed by atoms with Crippen LogP contribution in [0.1, 0.15) is 0 Å². The molecule has 0 aliphatic rings. The van der Waals surface area contributed by atoms with Gasteiger partial charge >= 0.3 is 6.09 Å². The molecule has 0 unspecified atom stereocenters. The summed E-state index contributed by atoms with van der Waals surface area (Å²) in [6, 6.07) is 2.92. The summed E-state index contributed by atoms with van der Waals surface area (Å²) in [5.41, 5.74) is 0.459. The average Bonchev–Trinajstić information content (AvgIpc) is 2.55. The first-order valence-corrected chi connectivity index (χ1v) is 6.44. The normalized spacial score (nSPS) is 11.6. The number of aromatic nitrogens is 2. The fraction of sp³-hybridized carbons (Fsp3) is 0.111. The maximum absolute atomic E-state index is 11.3. The van der Waals surface area contributed by atoms with Crippen LogP contribution in [0.25, 0.3) is 5.65 Å². The Bertz CT molecular complexity index is 689. The van der Waals surface area contributed by atoms with Crippen LogP contribution >= 0.6 is 0 Å². The first kappa shape index (κ1) is 11.4. The van der Waals surface area contributed by atoms with Crippen molar-refractivity contribution in [2.75, 3.05) is 11.6 Å². The van der Waals surface area contributed by atoms with Crippen molar-refractivity contribution in [1.29, 1.82) is 0 Å². The molecule has 0 aromatic carbocycles. The number of nitrogens with zero attached hydrogens (tertiary/aromatic N) is 2. The van der Waals surface area contributed by atoms with Gasteiger partial charge in [-0.15, -0.1) is 0 Å². The summed E-state index contributed by atoms with van der Waals surface area (Å²) >= 11 is 0. The Morgan fingerprint density at radius 1 is 1.41 bits per heavy atom. The molecule has 0 aliphatic heterocycles. The molecule has 90 valence electrons. The Morgan fingerprint density at radius 3 is 2.71 bits per heavy atom. The number of pyridine rings is 1. The van der Waals surface area contributed by atoms with E-state index in [-0.39, 0.29) is 10.7 Å². The molecule has 1 amide bonds. The minimum absolute atomic E-state index is 0.142. The molecule has 0 saturated heterocycles. The summed E-state index contributed by atoms with van der Waals surface area (Å²) in [4.78, 5) is 14.5. The molecule has 7 nitrogen and oxygen atoms in total. The van der Waals surface area contributed by atoms with Crippen LogP contribution in [-0.4, -0.2) is 35.3 Å². The molecule has 0 bridgehead atoms. The van der Waals surface area contributed by atoms with Crippen molar-refractivity contribution in [3.05, 3.63) is 24.5 Å². The lowest BCUT2D eigenvalue weighted by Gasteiger charge is -1.98. The van der Waals surface area contributed by atoms with Gasteiger partial charge in [0.25, 0.3) is 0 Å². The second-order valence-corrected chi connectivity index (χ2v) is 5.47. The van der Waals surface area contributed by atoms with Gasteiger partial charge in [-0.05, 0) is 12.1 Å². The van der Waals surface area contributed by atoms with E-state index in [9.17, 15) is 13.2 Å². The molecule has 8 heteroatoms. The van der Waals surface area contributed by atoms with Gasteiger partial charge in [-0.3, -0.25) is 5.32 Å². The monoisotopic (exact) mass is 255 g/mol. The van der Waals surface area contributed by atoms with Gasteiger partial charge in [-0.2, -0.15) is 0 Å². The molecule has 2 rings (SSSR count). The Hall–Kier alpha value is -2.09. The number of rotatable bonds is 2. The van der Waals surface area contributed by atoms with Crippen molar-refractivity contribution in [3.8, 4) is 0 Å². The lowest BCUT2D eigenvalue weighted by molar-refractivity contribution is 0.209. The highest BCUT2D eigenvalue weighted by Crippen LogP contribution is 2.14. The Kier molecular flexibility index (Phi) is 2.50.